The highest BCUT2D eigenvalue weighted by atomic mass is 32.1. The van der Waals surface area contributed by atoms with Crippen LogP contribution in [0.25, 0.3) is 0 Å². The lowest BCUT2D eigenvalue weighted by Crippen LogP contribution is -2.27. The average molecular weight is 335 g/mol. The van der Waals surface area contributed by atoms with Gasteiger partial charge in [0.25, 0.3) is 0 Å². The largest absolute Gasteiger partial charge is 0.457 e. The summed E-state index contributed by atoms with van der Waals surface area (Å²) in [5, 5.41) is 6.89. The highest BCUT2D eigenvalue weighted by molar-refractivity contribution is 7.80. The minimum Gasteiger partial charge on any atom is -0.457 e. The van der Waals surface area contributed by atoms with Gasteiger partial charge in [-0.15, -0.1) is 0 Å². The molecule has 24 heavy (non-hydrogen) atoms. The second-order valence-corrected chi connectivity index (χ2v) is 5.51. The molecule has 0 saturated carbocycles. The standard InChI is InChI=1S/C19H17N3OS/c24-19(21-14-15-10-12-20-13-11-15)22-16-6-8-18(9-7-16)23-17-4-2-1-3-5-17/h1-13H,14H2,(H2,21,22,24). The highest BCUT2D eigenvalue weighted by Gasteiger charge is 2.00. The van der Waals surface area contributed by atoms with Crippen molar-refractivity contribution in [2.75, 3.05) is 5.32 Å². The van der Waals surface area contributed by atoms with Crippen LogP contribution in [0.3, 0.4) is 0 Å². The third kappa shape index (κ3) is 4.79. The number of pyridine rings is 1. The molecule has 2 aromatic carbocycles. The average Bonchev–Trinajstić information content (AvgIpc) is 2.63. The molecule has 3 aromatic rings. The van der Waals surface area contributed by atoms with Crippen LogP contribution in [-0.4, -0.2) is 10.1 Å². The molecule has 0 unspecified atom stereocenters. The molecule has 1 heterocycles. The van der Waals surface area contributed by atoms with E-state index in [1.165, 1.54) is 0 Å². The Balaban J connectivity index is 1.51. The van der Waals surface area contributed by atoms with Gasteiger partial charge in [-0.3, -0.25) is 4.98 Å². The van der Waals surface area contributed by atoms with E-state index in [-0.39, 0.29) is 0 Å². The van der Waals surface area contributed by atoms with E-state index in [0.717, 1.165) is 22.7 Å². The number of thiocarbonyl (C=S) groups is 1. The zero-order chi connectivity index (χ0) is 16.6. The minimum absolute atomic E-state index is 0.573. The van der Waals surface area contributed by atoms with Crippen molar-refractivity contribution in [2.45, 2.75) is 6.54 Å². The number of para-hydroxylation sites is 1. The molecule has 0 amide bonds. The van der Waals surface area contributed by atoms with Gasteiger partial charge in [-0.2, -0.15) is 0 Å². The van der Waals surface area contributed by atoms with Gasteiger partial charge in [-0.05, 0) is 66.3 Å². The number of hydrogen-bond donors (Lipinski definition) is 2. The normalized spacial score (nSPS) is 10.0. The Morgan fingerprint density at radius 2 is 1.54 bits per heavy atom. The van der Waals surface area contributed by atoms with Crippen LogP contribution in [0.15, 0.2) is 79.1 Å². The number of benzene rings is 2. The molecule has 1 aromatic heterocycles. The van der Waals surface area contributed by atoms with Gasteiger partial charge >= 0.3 is 0 Å². The van der Waals surface area contributed by atoms with Crippen molar-refractivity contribution in [3.8, 4) is 11.5 Å². The summed E-state index contributed by atoms with van der Waals surface area (Å²) in [6.07, 6.45) is 3.53. The van der Waals surface area contributed by atoms with Crippen molar-refractivity contribution in [2.24, 2.45) is 0 Å². The number of nitrogens with zero attached hydrogens (tertiary/aromatic N) is 1. The van der Waals surface area contributed by atoms with Crippen LogP contribution in [0.1, 0.15) is 5.56 Å². The predicted molar refractivity (Wildman–Crippen MR) is 100 cm³/mol. The van der Waals surface area contributed by atoms with E-state index in [2.05, 4.69) is 15.6 Å². The molecule has 0 aliphatic carbocycles. The first-order valence-corrected chi connectivity index (χ1v) is 7.97. The molecule has 0 saturated heterocycles. The van der Waals surface area contributed by atoms with E-state index >= 15 is 0 Å². The number of rotatable bonds is 5. The van der Waals surface area contributed by atoms with Crippen LogP contribution in [0.5, 0.6) is 11.5 Å². The van der Waals surface area contributed by atoms with Crippen molar-refractivity contribution in [3.63, 3.8) is 0 Å². The van der Waals surface area contributed by atoms with Crippen molar-refractivity contribution in [1.82, 2.24) is 10.3 Å². The van der Waals surface area contributed by atoms with Crippen LogP contribution >= 0.6 is 12.2 Å². The predicted octanol–water partition coefficient (Wildman–Crippen LogP) is 4.36. The number of ether oxygens (including phenoxy) is 1. The molecule has 0 fully saturated rings. The summed E-state index contributed by atoms with van der Waals surface area (Å²) in [6, 6.07) is 21.3. The molecule has 0 bridgehead atoms. The van der Waals surface area contributed by atoms with Crippen molar-refractivity contribution in [1.29, 1.82) is 0 Å². The fraction of sp³-hybridized carbons (Fsp3) is 0.0526. The monoisotopic (exact) mass is 335 g/mol. The fourth-order valence-electron chi connectivity index (χ4n) is 2.09. The topological polar surface area (TPSA) is 46.2 Å². The highest BCUT2D eigenvalue weighted by Crippen LogP contribution is 2.22. The second-order valence-electron chi connectivity index (χ2n) is 5.10. The number of nitrogens with one attached hydrogen (secondary N) is 2. The molecule has 2 N–H and O–H groups in total. The smallest absolute Gasteiger partial charge is 0.171 e. The minimum atomic E-state index is 0.573. The third-order valence-corrected chi connectivity index (χ3v) is 3.54. The Hall–Kier alpha value is -2.92. The Morgan fingerprint density at radius 3 is 2.25 bits per heavy atom. The Kier molecular flexibility index (Phi) is 5.37. The van der Waals surface area contributed by atoms with Crippen LogP contribution < -0.4 is 15.4 Å². The molecular weight excluding hydrogens is 318 g/mol. The van der Waals surface area contributed by atoms with E-state index < -0.39 is 0 Å². The molecule has 0 radical (unpaired) electrons. The Labute approximate surface area is 146 Å². The maximum atomic E-state index is 5.76. The molecule has 120 valence electrons. The quantitative estimate of drug-likeness (QED) is 0.678. The van der Waals surface area contributed by atoms with Crippen LogP contribution in [0.2, 0.25) is 0 Å². The molecule has 3 rings (SSSR count). The fourth-order valence-corrected chi connectivity index (χ4v) is 2.28. The van der Waals surface area contributed by atoms with Gasteiger partial charge < -0.3 is 15.4 Å². The van der Waals surface area contributed by atoms with Gasteiger partial charge in [0.2, 0.25) is 0 Å². The van der Waals surface area contributed by atoms with E-state index in [1.54, 1.807) is 12.4 Å². The summed E-state index contributed by atoms with van der Waals surface area (Å²) in [6.45, 7) is 0.656. The van der Waals surface area contributed by atoms with Gasteiger partial charge in [0, 0.05) is 24.6 Å². The van der Waals surface area contributed by atoms with E-state index in [1.807, 2.05) is 66.7 Å². The first-order chi connectivity index (χ1) is 11.8. The second kappa shape index (κ2) is 8.08. The molecule has 4 nitrogen and oxygen atoms in total. The van der Waals surface area contributed by atoms with Gasteiger partial charge in [-0.25, -0.2) is 0 Å². The Morgan fingerprint density at radius 1 is 0.875 bits per heavy atom. The summed E-state index contributed by atoms with van der Waals surface area (Å²) in [4.78, 5) is 3.99. The molecule has 5 heteroatoms. The van der Waals surface area contributed by atoms with Crippen molar-refractivity contribution >= 4 is 23.0 Å². The lowest BCUT2D eigenvalue weighted by atomic mass is 10.3. The zero-order valence-corrected chi connectivity index (χ0v) is 13.8. The van der Waals surface area contributed by atoms with Crippen LogP contribution in [0, 0.1) is 0 Å². The molecular formula is C19H17N3OS. The lowest BCUT2D eigenvalue weighted by molar-refractivity contribution is 0.483. The number of anilines is 1. The zero-order valence-electron chi connectivity index (χ0n) is 13.0. The number of aromatic nitrogens is 1. The van der Waals surface area contributed by atoms with Crippen molar-refractivity contribution in [3.05, 3.63) is 84.7 Å². The first kappa shape index (κ1) is 16.0. The molecule has 0 aliphatic heterocycles. The summed E-state index contributed by atoms with van der Waals surface area (Å²) in [5.41, 5.74) is 2.03. The number of hydrogen-bond acceptors (Lipinski definition) is 3. The molecule has 0 atom stereocenters. The summed E-state index contributed by atoms with van der Waals surface area (Å²) >= 11 is 5.30. The van der Waals surface area contributed by atoms with E-state index in [9.17, 15) is 0 Å². The van der Waals surface area contributed by atoms with Gasteiger partial charge in [0.1, 0.15) is 11.5 Å². The van der Waals surface area contributed by atoms with Crippen LogP contribution in [-0.2, 0) is 6.54 Å². The third-order valence-electron chi connectivity index (χ3n) is 3.29. The summed E-state index contributed by atoms with van der Waals surface area (Å²) in [5.74, 6) is 1.59. The van der Waals surface area contributed by atoms with E-state index in [4.69, 9.17) is 17.0 Å². The molecule has 0 aliphatic rings. The maximum absolute atomic E-state index is 5.76. The Bertz CT molecular complexity index is 777. The SMILES string of the molecule is S=C(NCc1ccncc1)Nc1ccc(Oc2ccccc2)cc1. The summed E-state index contributed by atoms with van der Waals surface area (Å²) in [7, 11) is 0. The van der Waals surface area contributed by atoms with Gasteiger partial charge in [0.05, 0.1) is 0 Å². The maximum Gasteiger partial charge on any atom is 0.171 e. The first-order valence-electron chi connectivity index (χ1n) is 7.56. The summed E-state index contributed by atoms with van der Waals surface area (Å²) < 4.78 is 5.76. The lowest BCUT2D eigenvalue weighted by Gasteiger charge is -2.11. The van der Waals surface area contributed by atoms with Gasteiger partial charge in [0.15, 0.2) is 5.11 Å². The molecule has 0 spiro atoms. The van der Waals surface area contributed by atoms with Gasteiger partial charge in [-0.1, -0.05) is 18.2 Å². The van der Waals surface area contributed by atoms with Crippen molar-refractivity contribution < 1.29 is 4.74 Å². The van der Waals surface area contributed by atoms with Crippen LogP contribution in [0.4, 0.5) is 5.69 Å². The van der Waals surface area contributed by atoms with E-state index in [0.29, 0.717) is 11.7 Å².